The molecule has 0 aromatic carbocycles. The molecule has 2 rings (SSSR count). The Kier molecular flexibility index (Phi) is 2.59. The number of nitrogens with zero attached hydrogens (tertiary/aromatic N) is 3. The Morgan fingerprint density at radius 3 is 3.07 bits per heavy atom. The minimum Gasteiger partial charge on any atom is -0.465 e. The van der Waals surface area contributed by atoms with E-state index in [0.29, 0.717) is 22.8 Å². The van der Waals surface area contributed by atoms with Gasteiger partial charge in [0.1, 0.15) is 0 Å². The van der Waals surface area contributed by atoms with Crippen LogP contribution in [0.25, 0.3) is 5.65 Å². The number of aromatic nitrogens is 3. The van der Waals surface area contributed by atoms with Gasteiger partial charge in [0.25, 0.3) is 0 Å². The fourth-order valence-corrected chi connectivity index (χ4v) is 1.37. The van der Waals surface area contributed by atoms with Crippen molar-refractivity contribution in [3.05, 3.63) is 29.7 Å². The third-order valence-corrected chi connectivity index (χ3v) is 2.22. The van der Waals surface area contributed by atoms with Crippen molar-refractivity contribution in [2.45, 2.75) is 5.75 Å². The first-order chi connectivity index (χ1) is 7.24. The highest BCUT2D eigenvalue weighted by Gasteiger charge is 2.08. The predicted octanol–water partition coefficient (Wildman–Crippen LogP) is 0.946. The Morgan fingerprint density at radius 1 is 1.60 bits per heavy atom. The van der Waals surface area contributed by atoms with Crippen LogP contribution in [-0.2, 0) is 10.5 Å². The summed E-state index contributed by atoms with van der Waals surface area (Å²) >= 11 is 4.08. The van der Waals surface area contributed by atoms with Crippen molar-refractivity contribution in [1.29, 1.82) is 0 Å². The molecule has 0 amide bonds. The summed E-state index contributed by atoms with van der Waals surface area (Å²) in [6, 6.07) is 3.37. The van der Waals surface area contributed by atoms with Crippen LogP contribution in [0, 0.1) is 0 Å². The van der Waals surface area contributed by atoms with E-state index in [1.165, 1.54) is 11.6 Å². The molecule has 0 aliphatic rings. The van der Waals surface area contributed by atoms with Gasteiger partial charge in [0.2, 0.25) is 0 Å². The van der Waals surface area contributed by atoms with Crippen LogP contribution in [0.2, 0.25) is 0 Å². The van der Waals surface area contributed by atoms with E-state index in [-0.39, 0.29) is 5.97 Å². The zero-order valence-corrected chi connectivity index (χ0v) is 8.94. The Labute approximate surface area is 91.5 Å². The van der Waals surface area contributed by atoms with Gasteiger partial charge < -0.3 is 4.74 Å². The van der Waals surface area contributed by atoms with Crippen LogP contribution in [0.1, 0.15) is 16.2 Å². The first kappa shape index (κ1) is 9.97. The topological polar surface area (TPSA) is 56.5 Å². The first-order valence-corrected chi connectivity index (χ1v) is 4.92. The number of esters is 1. The van der Waals surface area contributed by atoms with Crippen LogP contribution in [0.3, 0.4) is 0 Å². The summed E-state index contributed by atoms with van der Waals surface area (Å²) in [6.45, 7) is 0. The molecule has 0 N–H and O–H groups in total. The van der Waals surface area contributed by atoms with Crippen LogP contribution in [0.5, 0.6) is 0 Å². The lowest BCUT2D eigenvalue weighted by molar-refractivity contribution is 0.0600. The molecule has 5 nitrogen and oxygen atoms in total. The molecule has 0 aliphatic carbocycles. The zero-order chi connectivity index (χ0) is 10.8. The highest BCUT2D eigenvalue weighted by molar-refractivity contribution is 7.79. The Bertz CT molecular complexity index is 509. The van der Waals surface area contributed by atoms with Gasteiger partial charge in [-0.2, -0.15) is 17.7 Å². The number of methoxy groups -OCH3 is 1. The second-order valence-corrected chi connectivity index (χ2v) is 3.21. The summed E-state index contributed by atoms with van der Waals surface area (Å²) in [5, 5.41) is 4.13. The average molecular weight is 223 g/mol. The molecule has 0 unspecified atom stereocenters. The fourth-order valence-electron chi connectivity index (χ4n) is 1.23. The largest absolute Gasteiger partial charge is 0.465 e. The first-order valence-electron chi connectivity index (χ1n) is 4.29. The van der Waals surface area contributed by atoms with E-state index in [9.17, 15) is 4.79 Å². The van der Waals surface area contributed by atoms with E-state index in [1.807, 2.05) is 0 Å². The molecule has 6 heteroatoms. The van der Waals surface area contributed by atoms with Gasteiger partial charge in [-0.05, 0) is 12.1 Å². The van der Waals surface area contributed by atoms with Gasteiger partial charge in [-0.15, -0.1) is 0 Å². The summed E-state index contributed by atoms with van der Waals surface area (Å²) in [7, 11) is 1.34. The van der Waals surface area contributed by atoms with Crippen molar-refractivity contribution in [3.63, 3.8) is 0 Å². The molecule has 2 aromatic rings. The maximum atomic E-state index is 11.2. The monoisotopic (exact) mass is 223 g/mol. The summed E-state index contributed by atoms with van der Waals surface area (Å²) in [5.74, 6) is 0.704. The molecule has 78 valence electrons. The zero-order valence-electron chi connectivity index (χ0n) is 8.04. The molecule has 2 heterocycles. The van der Waals surface area contributed by atoms with Crippen LogP contribution in [0.15, 0.2) is 18.3 Å². The lowest BCUT2D eigenvalue weighted by Gasteiger charge is -1.98. The van der Waals surface area contributed by atoms with Gasteiger partial charge in [-0.3, -0.25) is 0 Å². The highest BCUT2D eigenvalue weighted by Crippen LogP contribution is 2.07. The van der Waals surface area contributed by atoms with E-state index < -0.39 is 0 Å². The second kappa shape index (κ2) is 3.90. The van der Waals surface area contributed by atoms with Gasteiger partial charge in [0.15, 0.2) is 11.5 Å². The number of carbonyl (C=O) groups is 1. The molecule has 0 spiro atoms. The fraction of sp³-hybridized carbons (Fsp3) is 0.222. The molecular weight excluding hydrogens is 214 g/mol. The lowest BCUT2D eigenvalue weighted by atomic mass is 10.3. The van der Waals surface area contributed by atoms with Crippen molar-refractivity contribution >= 4 is 24.2 Å². The van der Waals surface area contributed by atoms with Crippen molar-refractivity contribution < 1.29 is 9.53 Å². The standard InChI is InChI=1S/C9H9N3O2S/c1-14-9(13)6-2-3-8-10-7(5-15)11-12(8)4-6/h2-4,15H,5H2,1H3. The Morgan fingerprint density at radius 2 is 2.40 bits per heavy atom. The van der Waals surface area contributed by atoms with Crippen LogP contribution in [-0.4, -0.2) is 27.7 Å². The second-order valence-electron chi connectivity index (χ2n) is 2.90. The molecule has 15 heavy (non-hydrogen) atoms. The normalized spacial score (nSPS) is 10.5. The molecule has 0 radical (unpaired) electrons. The van der Waals surface area contributed by atoms with E-state index in [1.54, 1.807) is 18.3 Å². The Hall–Kier alpha value is -1.56. The van der Waals surface area contributed by atoms with E-state index >= 15 is 0 Å². The summed E-state index contributed by atoms with van der Waals surface area (Å²) in [5.41, 5.74) is 1.13. The van der Waals surface area contributed by atoms with Gasteiger partial charge in [0.05, 0.1) is 18.4 Å². The van der Waals surface area contributed by atoms with Gasteiger partial charge >= 0.3 is 5.97 Å². The molecular formula is C9H9N3O2S. The summed E-state index contributed by atoms with van der Waals surface area (Å²) < 4.78 is 6.14. The van der Waals surface area contributed by atoms with E-state index in [0.717, 1.165) is 0 Å². The van der Waals surface area contributed by atoms with Crippen LogP contribution in [0.4, 0.5) is 0 Å². The van der Waals surface area contributed by atoms with E-state index in [4.69, 9.17) is 0 Å². The van der Waals surface area contributed by atoms with Crippen LogP contribution >= 0.6 is 12.6 Å². The third kappa shape index (κ3) is 1.80. The third-order valence-electron chi connectivity index (χ3n) is 1.94. The van der Waals surface area contributed by atoms with Crippen molar-refractivity contribution in [2.24, 2.45) is 0 Å². The predicted molar refractivity (Wildman–Crippen MR) is 57.0 cm³/mol. The maximum Gasteiger partial charge on any atom is 0.339 e. The number of hydrogen-bond donors (Lipinski definition) is 1. The van der Waals surface area contributed by atoms with Gasteiger partial charge in [-0.1, -0.05) is 0 Å². The number of hydrogen-bond acceptors (Lipinski definition) is 5. The number of pyridine rings is 1. The SMILES string of the molecule is COC(=O)c1ccc2nc(CS)nn2c1. The number of ether oxygens (including phenoxy) is 1. The molecule has 0 bridgehead atoms. The number of carbonyl (C=O) groups excluding carboxylic acids is 1. The van der Waals surface area contributed by atoms with Crippen molar-refractivity contribution in [3.8, 4) is 0 Å². The lowest BCUT2D eigenvalue weighted by Crippen LogP contribution is -2.03. The van der Waals surface area contributed by atoms with Gasteiger partial charge in [-0.25, -0.2) is 14.3 Å². The highest BCUT2D eigenvalue weighted by atomic mass is 32.1. The maximum absolute atomic E-state index is 11.2. The smallest absolute Gasteiger partial charge is 0.339 e. The van der Waals surface area contributed by atoms with Crippen molar-refractivity contribution in [1.82, 2.24) is 14.6 Å². The number of fused-ring (bicyclic) bond motifs is 1. The molecule has 0 aliphatic heterocycles. The molecule has 0 atom stereocenters. The minimum atomic E-state index is -0.389. The van der Waals surface area contributed by atoms with Gasteiger partial charge in [0, 0.05) is 6.20 Å². The Balaban J connectivity index is 2.50. The number of thiol groups is 1. The summed E-state index contributed by atoms with van der Waals surface area (Å²) in [4.78, 5) is 15.4. The quantitative estimate of drug-likeness (QED) is 0.608. The number of rotatable bonds is 2. The average Bonchev–Trinajstić information content (AvgIpc) is 2.69. The molecule has 0 saturated heterocycles. The minimum absolute atomic E-state index is 0.389. The molecule has 0 fully saturated rings. The van der Waals surface area contributed by atoms with Crippen molar-refractivity contribution in [2.75, 3.05) is 7.11 Å². The van der Waals surface area contributed by atoms with E-state index in [2.05, 4.69) is 27.4 Å². The summed E-state index contributed by atoms with van der Waals surface area (Å²) in [6.07, 6.45) is 1.58. The molecule has 2 aromatic heterocycles. The van der Waals surface area contributed by atoms with Crippen LogP contribution < -0.4 is 0 Å². The molecule has 0 saturated carbocycles.